The van der Waals surface area contributed by atoms with Crippen LogP contribution in [0.25, 0.3) is 0 Å². The van der Waals surface area contributed by atoms with Crippen molar-refractivity contribution in [2.75, 3.05) is 55.7 Å². The van der Waals surface area contributed by atoms with Gasteiger partial charge in [0, 0.05) is 74.8 Å². The van der Waals surface area contributed by atoms with Crippen molar-refractivity contribution < 1.29 is 9.84 Å². The van der Waals surface area contributed by atoms with Gasteiger partial charge < -0.3 is 19.6 Å². The molecule has 7 atom stereocenters. The van der Waals surface area contributed by atoms with E-state index in [0.29, 0.717) is 36.7 Å². The number of piperazine rings is 2. The summed E-state index contributed by atoms with van der Waals surface area (Å²) < 4.78 is 6.42. The van der Waals surface area contributed by atoms with Crippen LogP contribution in [0.1, 0.15) is 68.4 Å². The van der Waals surface area contributed by atoms with Crippen LogP contribution in [0.15, 0.2) is 84.9 Å². The third-order valence-corrected chi connectivity index (χ3v) is 12.0. The van der Waals surface area contributed by atoms with Gasteiger partial charge in [-0.2, -0.15) is 0 Å². The van der Waals surface area contributed by atoms with E-state index >= 15 is 0 Å². The van der Waals surface area contributed by atoms with Gasteiger partial charge in [0.1, 0.15) is 0 Å². The molecule has 8 rings (SSSR count). The summed E-state index contributed by atoms with van der Waals surface area (Å²) in [5, 5.41) is 11.0. The maximum atomic E-state index is 11.0. The third-order valence-electron chi connectivity index (χ3n) is 12.0. The molecule has 0 radical (unpaired) electrons. The SMILES string of the molecule is OC(COC1CCCC(c2cccc(CCN3CC4CCC(C3)N4c3ccccc3)c2)C1)CN1CC2CCC(C1)N2c1ccccc1. The van der Waals surface area contributed by atoms with E-state index in [-0.39, 0.29) is 6.10 Å². The van der Waals surface area contributed by atoms with Gasteiger partial charge in [-0.05, 0) is 92.7 Å². The molecule has 1 aliphatic carbocycles. The Balaban J connectivity index is 0.791. The first-order valence-corrected chi connectivity index (χ1v) is 18.7. The largest absolute Gasteiger partial charge is 0.389 e. The fraction of sp³-hybridized carbons (Fsp3) is 0.561. The lowest BCUT2D eigenvalue weighted by Gasteiger charge is -2.43. The summed E-state index contributed by atoms with van der Waals surface area (Å²) in [6.07, 6.45) is 10.7. The molecule has 3 aromatic carbocycles. The lowest BCUT2D eigenvalue weighted by atomic mass is 9.82. The molecule has 4 saturated heterocycles. The van der Waals surface area contributed by atoms with E-state index in [9.17, 15) is 5.11 Å². The summed E-state index contributed by atoms with van der Waals surface area (Å²) in [7, 11) is 0. The predicted molar refractivity (Wildman–Crippen MR) is 191 cm³/mol. The van der Waals surface area contributed by atoms with Crippen molar-refractivity contribution in [3.63, 3.8) is 0 Å². The minimum Gasteiger partial charge on any atom is -0.389 e. The van der Waals surface area contributed by atoms with Crippen molar-refractivity contribution in [1.82, 2.24) is 9.80 Å². The number of aliphatic hydroxyl groups excluding tert-OH is 1. The number of nitrogens with zero attached hydrogens (tertiary/aromatic N) is 4. The Bertz CT molecular complexity index is 1410. The van der Waals surface area contributed by atoms with Gasteiger partial charge in [0.05, 0.1) is 18.8 Å². The molecule has 4 aliphatic heterocycles. The van der Waals surface area contributed by atoms with Gasteiger partial charge in [0.25, 0.3) is 0 Å². The third kappa shape index (κ3) is 7.12. The second-order valence-corrected chi connectivity index (χ2v) is 15.2. The molecule has 0 amide bonds. The van der Waals surface area contributed by atoms with E-state index in [1.54, 1.807) is 0 Å². The summed E-state index contributed by atoms with van der Waals surface area (Å²) in [5.74, 6) is 0.554. The number of para-hydroxylation sites is 2. The van der Waals surface area contributed by atoms with Crippen LogP contribution in [0.5, 0.6) is 0 Å². The molecule has 4 heterocycles. The van der Waals surface area contributed by atoms with Crippen molar-refractivity contribution in [3.8, 4) is 0 Å². The Kier molecular flexibility index (Phi) is 9.54. The standard InChI is InChI=1S/C41H54N4O2/c46-40(29-43-27-38-19-20-39(28-43)45(38)35-14-5-2-6-15-35)30-47-41-16-8-11-33(24-41)32-10-7-9-31(23-32)21-22-42-25-36-17-18-37(26-42)44(36)34-12-3-1-4-13-34/h1-7,9-10,12-15,23,33,36-41,46H,8,11,16-22,24-30H2. The average molecular weight is 635 g/mol. The zero-order valence-electron chi connectivity index (χ0n) is 28.1. The van der Waals surface area contributed by atoms with Gasteiger partial charge in [0.15, 0.2) is 0 Å². The molecule has 5 aliphatic rings. The topological polar surface area (TPSA) is 42.4 Å². The van der Waals surface area contributed by atoms with E-state index in [1.165, 1.54) is 74.1 Å². The van der Waals surface area contributed by atoms with E-state index in [4.69, 9.17) is 4.74 Å². The van der Waals surface area contributed by atoms with E-state index in [0.717, 1.165) is 45.4 Å². The van der Waals surface area contributed by atoms with Crippen LogP contribution in [0.2, 0.25) is 0 Å². The van der Waals surface area contributed by atoms with Gasteiger partial charge in [0.2, 0.25) is 0 Å². The molecule has 0 aromatic heterocycles. The maximum Gasteiger partial charge on any atom is 0.0900 e. The molecule has 1 saturated carbocycles. The van der Waals surface area contributed by atoms with Crippen molar-refractivity contribution in [2.45, 2.75) is 100 Å². The molecule has 47 heavy (non-hydrogen) atoms. The summed E-state index contributed by atoms with van der Waals surface area (Å²) in [6.45, 7) is 6.76. The number of hydrogen-bond acceptors (Lipinski definition) is 6. The van der Waals surface area contributed by atoms with Gasteiger partial charge in [-0.15, -0.1) is 0 Å². The normalized spacial score (nSPS) is 30.1. The van der Waals surface area contributed by atoms with Crippen LogP contribution in [0, 0.1) is 0 Å². The number of fused-ring (bicyclic) bond motifs is 4. The van der Waals surface area contributed by atoms with E-state index in [1.807, 2.05) is 0 Å². The molecule has 6 heteroatoms. The van der Waals surface area contributed by atoms with E-state index < -0.39 is 6.10 Å². The Morgan fingerprint density at radius 2 is 1.26 bits per heavy atom. The molecular formula is C41H54N4O2. The molecule has 6 nitrogen and oxygen atoms in total. The molecule has 5 fully saturated rings. The monoisotopic (exact) mass is 634 g/mol. The Morgan fingerprint density at radius 3 is 1.87 bits per heavy atom. The highest BCUT2D eigenvalue weighted by atomic mass is 16.5. The lowest BCUT2D eigenvalue weighted by molar-refractivity contribution is -0.0376. The summed E-state index contributed by atoms with van der Waals surface area (Å²) in [4.78, 5) is 10.5. The highest BCUT2D eigenvalue weighted by molar-refractivity contribution is 5.51. The predicted octanol–water partition coefficient (Wildman–Crippen LogP) is 6.34. The van der Waals surface area contributed by atoms with Crippen molar-refractivity contribution in [2.24, 2.45) is 0 Å². The molecular weight excluding hydrogens is 580 g/mol. The van der Waals surface area contributed by atoms with Gasteiger partial charge in [-0.1, -0.05) is 67.1 Å². The fourth-order valence-electron chi connectivity index (χ4n) is 9.84. The number of likely N-dealkylation sites (tertiary alicyclic amines) is 2. The maximum absolute atomic E-state index is 11.0. The van der Waals surface area contributed by atoms with Crippen molar-refractivity contribution >= 4 is 11.4 Å². The second kappa shape index (κ2) is 14.3. The fourth-order valence-corrected chi connectivity index (χ4v) is 9.84. The smallest absolute Gasteiger partial charge is 0.0900 e. The molecule has 1 N–H and O–H groups in total. The number of benzene rings is 3. The van der Waals surface area contributed by atoms with E-state index in [2.05, 4.69) is 105 Å². The molecule has 250 valence electrons. The van der Waals surface area contributed by atoms with Crippen LogP contribution in [-0.2, 0) is 11.2 Å². The summed E-state index contributed by atoms with van der Waals surface area (Å²) >= 11 is 0. The second-order valence-electron chi connectivity index (χ2n) is 15.2. The zero-order valence-corrected chi connectivity index (χ0v) is 28.1. The van der Waals surface area contributed by atoms with Gasteiger partial charge in [-0.3, -0.25) is 9.80 Å². The average Bonchev–Trinajstić information content (AvgIpc) is 3.55. The van der Waals surface area contributed by atoms with Crippen molar-refractivity contribution in [3.05, 3.63) is 96.1 Å². The Labute approximate surface area is 282 Å². The number of rotatable bonds is 11. The summed E-state index contributed by atoms with van der Waals surface area (Å²) in [5.41, 5.74) is 5.71. The Morgan fingerprint density at radius 1 is 0.660 bits per heavy atom. The highest BCUT2D eigenvalue weighted by Crippen LogP contribution is 2.37. The lowest BCUT2D eigenvalue weighted by Crippen LogP contribution is -2.55. The first-order valence-electron chi connectivity index (χ1n) is 18.7. The highest BCUT2D eigenvalue weighted by Gasteiger charge is 2.41. The first-order chi connectivity index (χ1) is 23.2. The van der Waals surface area contributed by atoms with Crippen LogP contribution in [0.4, 0.5) is 11.4 Å². The van der Waals surface area contributed by atoms with Crippen LogP contribution in [-0.4, -0.2) is 97.2 Å². The zero-order chi connectivity index (χ0) is 31.6. The van der Waals surface area contributed by atoms with Crippen LogP contribution in [0.3, 0.4) is 0 Å². The summed E-state index contributed by atoms with van der Waals surface area (Å²) in [6, 6.07) is 33.8. The van der Waals surface area contributed by atoms with Gasteiger partial charge in [-0.25, -0.2) is 0 Å². The van der Waals surface area contributed by atoms with Crippen molar-refractivity contribution in [1.29, 1.82) is 0 Å². The molecule has 0 spiro atoms. The minimum absolute atomic E-state index is 0.245. The minimum atomic E-state index is -0.425. The molecule has 4 bridgehead atoms. The quantitative estimate of drug-likeness (QED) is 0.266. The van der Waals surface area contributed by atoms with Crippen LogP contribution < -0.4 is 9.80 Å². The number of hydrogen-bond donors (Lipinski definition) is 1. The number of aliphatic hydroxyl groups is 1. The van der Waals surface area contributed by atoms with Crippen LogP contribution >= 0.6 is 0 Å². The molecule has 7 unspecified atom stereocenters. The number of anilines is 2. The molecule has 3 aromatic rings. The van der Waals surface area contributed by atoms with Gasteiger partial charge >= 0.3 is 0 Å². The number of ether oxygens (including phenoxy) is 1. The first kappa shape index (κ1) is 31.4. The Hall–Kier alpha value is -2.90. The number of β-amino-alcohol motifs (C(OH)–C–C–N with tert-alkyl or cyclic N) is 1.